The van der Waals surface area contributed by atoms with Crippen LogP contribution in [0.3, 0.4) is 0 Å². The zero-order valence-electron chi connectivity index (χ0n) is 17.7. The van der Waals surface area contributed by atoms with Crippen LogP contribution in [-0.2, 0) is 18.3 Å². The number of hydrogen-bond acceptors (Lipinski definition) is 5. The Balaban J connectivity index is 0.00000300. The second kappa shape index (κ2) is 10.2. The molecule has 9 heteroatoms. The molecule has 1 aromatic carbocycles. The molecule has 0 amide bonds. The first-order valence-electron chi connectivity index (χ1n) is 9.56. The summed E-state index contributed by atoms with van der Waals surface area (Å²) in [7, 11) is 3.66. The summed E-state index contributed by atoms with van der Waals surface area (Å²) in [5.41, 5.74) is 0.834. The largest absolute Gasteiger partial charge is 0.493 e. The minimum absolute atomic E-state index is 0. The normalized spacial score (nSPS) is 16.4. The molecule has 0 fully saturated rings. The van der Waals surface area contributed by atoms with Gasteiger partial charge in [-0.05, 0) is 26.8 Å². The highest BCUT2D eigenvalue weighted by atomic mass is 127. The van der Waals surface area contributed by atoms with Gasteiger partial charge in [-0.3, -0.25) is 0 Å². The minimum Gasteiger partial charge on any atom is -0.493 e. The molecule has 29 heavy (non-hydrogen) atoms. The highest BCUT2D eigenvalue weighted by molar-refractivity contribution is 14.0. The lowest BCUT2D eigenvalue weighted by Crippen LogP contribution is -2.47. The van der Waals surface area contributed by atoms with Crippen molar-refractivity contribution in [3.63, 3.8) is 0 Å². The van der Waals surface area contributed by atoms with Crippen molar-refractivity contribution >= 4 is 29.9 Å². The van der Waals surface area contributed by atoms with Gasteiger partial charge in [0.25, 0.3) is 0 Å². The van der Waals surface area contributed by atoms with Gasteiger partial charge in [0.05, 0.1) is 18.2 Å². The lowest BCUT2D eigenvalue weighted by molar-refractivity contribution is 0.0267. The summed E-state index contributed by atoms with van der Waals surface area (Å²) in [5, 5.41) is 15.3. The van der Waals surface area contributed by atoms with Crippen molar-refractivity contribution < 1.29 is 9.47 Å². The molecule has 1 unspecified atom stereocenters. The van der Waals surface area contributed by atoms with E-state index in [1.165, 1.54) is 0 Å². The van der Waals surface area contributed by atoms with Gasteiger partial charge in [-0.1, -0.05) is 18.2 Å². The number of aryl methyl sites for hydroxylation is 1. The monoisotopic (exact) mass is 514 g/mol. The van der Waals surface area contributed by atoms with Crippen LogP contribution in [-0.4, -0.2) is 46.6 Å². The standard InChI is InChI=1S/C20H30N6O2.HI/c1-14-24-25-18(26(14)4)12-21-19(22-13-20(2,3)27-5)23-16-10-11-28-17-9-7-6-8-15(16)17;/h6-9,16H,10-13H2,1-5H3,(H2,21,22,23);1H. The SMILES string of the molecule is COC(C)(C)CNC(=NCc1nnc(C)n1C)NC1CCOc2ccccc21.I. The van der Waals surface area contributed by atoms with Crippen LogP contribution in [0.15, 0.2) is 29.3 Å². The number of guanidine groups is 1. The summed E-state index contributed by atoms with van der Waals surface area (Å²) >= 11 is 0. The predicted molar refractivity (Wildman–Crippen MR) is 124 cm³/mol. The first-order chi connectivity index (χ1) is 13.4. The van der Waals surface area contributed by atoms with E-state index in [1.807, 2.05) is 50.6 Å². The minimum atomic E-state index is -0.308. The number of halogens is 1. The van der Waals surface area contributed by atoms with E-state index < -0.39 is 0 Å². The van der Waals surface area contributed by atoms with Crippen LogP contribution in [0.2, 0.25) is 0 Å². The van der Waals surface area contributed by atoms with Crippen LogP contribution in [0.5, 0.6) is 5.75 Å². The lowest BCUT2D eigenvalue weighted by Gasteiger charge is -2.30. The zero-order chi connectivity index (χ0) is 20.1. The summed E-state index contributed by atoms with van der Waals surface area (Å²) < 4.78 is 13.2. The van der Waals surface area contributed by atoms with Crippen LogP contribution in [0.25, 0.3) is 0 Å². The van der Waals surface area contributed by atoms with Crippen molar-refractivity contribution in [1.82, 2.24) is 25.4 Å². The molecule has 8 nitrogen and oxygen atoms in total. The Morgan fingerprint density at radius 1 is 1.34 bits per heavy atom. The third kappa shape index (κ3) is 6.05. The molecule has 0 spiro atoms. The summed E-state index contributed by atoms with van der Waals surface area (Å²) in [5.74, 6) is 3.32. The quantitative estimate of drug-likeness (QED) is 0.351. The second-order valence-corrected chi connectivity index (χ2v) is 7.58. The summed E-state index contributed by atoms with van der Waals surface area (Å²) in [6.07, 6.45) is 0.869. The van der Waals surface area contributed by atoms with E-state index >= 15 is 0 Å². The van der Waals surface area contributed by atoms with E-state index in [0.717, 1.165) is 29.4 Å². The van der Waals surface area contributed by atoms with Crippen LogP contribution in [0.4, 0.5) is 0 Å². The fourth-order valence-electron chi connectivity index (χ4n) is 2.92. The van der Waals surface area contributed by atoms with Crippen molar-refractivity contribution in [2.45, 2.75) is 45.4 Å². The molecular formula is C20H31IN6O2. The number of hydrogen-bond donors (Lipinski definition) is 2. The summed E-state index contributed by atoms with van der Waals surface area (Å²) in [6.45, 7) is 7.73. The number of para-hydroxylation sites is 1. The fourth-order valence-corrected chi connectivity index (χ4v) is 2.92. The summed E-state index contributed by atoms with van der Waals surface area (Å²) in [6, 6.07) is 8.25. The van der Waals surface area contributed by atoms with Crippen LogP contribution >= 0.6 is 24.0 Å². The molecule has 1 atom stereocenters. The number of aliphatic imine (C=N–C) groups is 1. The molecule has 1 aliphatic rings. The third-order valence-corrected chi connectivity index (χ3v) is 5.06. The van der Waals surface area contributed by atoms with Gasteiger partial charge >= 0.3 is 0 Å². The van der Waals surface area contributed by atoms with Crippen molar-refractivity contribution in [1.29, 1.82) is 0 Å². The van der Waals surface area contributed by atoms with E-state index in [4.69, 9.17) is 14.5 Å². The van der Waals surface area contributed by atoms with Gasteiger partial charge < -0.3 is 24.7 Å². The van der Waals surface area contributed by atoms with Gasteiger partial charge in [0.2, 0.25) is 0 Å². The molecule has 1 aliphatic heterocycles. The molecule has 0 radical (unpaired) electrons. The third-order valence-electron chi connectivity index (χ3n) is 5.06. The Morgan fingerprint density at radius 3 is 2.79 bits per heavy atom. The Labute approximate surface area is 189 Å². The van der Waals surface area contributed by atoms with Gasteiger partial charge in [-0.15, -0.1) is 34.2 Å². The van der Waals surface area contributed by atoms with E-state index in [1.54, 1.807) is 7.11 Å². The van der Waals surface area contributed by atoms with Gasteiger partial charge in [-0.25, -0.2) is 4.99 Å². The molecule has 3 rings (SSSR count). The first kappa shape index (κ1) is 23.4. The van der Waals surface area contributed by atoms with E-state index in [0.29, 0.717) is 25.7 Å². The molecule has 2 N–H and O–H groups in total. The molecule has 0 saturated carbocycles. The summed E-state index contributed by atoms with van der Waals surface area (Å²) in [4.78, 5) is 4.75. The molecule has 160 valence electrons. The number of nitrogens with zero attached hydrogens (tertiary/aromatic N) is 4. The molecular weight excluding hydrogens is 483 g/mol. The van der Waals surface area contributed by atoms with Gasteiger partial charge in [0.15, 0.2) is 11.8 Å². The highest BCUT2D eigenvalue weighted by Gasteiger charge is 2.23. The maximum atomic E-state index is 5.77. The number of methoxy groups -OCH3 is 1. The average molecular weight is 514 g/mol. The predicted octanol–water partition coefficient (Wildman–Crippen LogP) is 2.73. The number of rotatable bonds is 6. The Morgan fingerprint density at radius 2 is 2.10 bits per heavy atom. The van der Waals surface area contributed by atoms with Crippen LogP contribution < -0.4 is 15.4 Å². The maximum Gasteiger partial charge on any atom is 0.192 e. The van der Waals surface area contributed by atoms with E-state index in [2.05, 4.69) is 26.9 Å². The van der Waals surface area contributed by atoms with Crippen molar-refractivity contribution in [3.8, 4) is 5.75 Å². The van der Waals surface area contributed by atoms with Gasteiger partial charge in [0, 0.05) is 32.7 Å². The Bertz CT molecular complexity index is 836. The number of fused-ring (bicyclic) bond motifs is 1. The topological polar surface area (TPSA) is 85.6 Å². The smallest absolute Gasteiger partial charge is 0.192 e. The number of nitrogens with one attached hydrogen (secondary N) is 2. The van der Waals surface area contributed by atoms with Gasteiger partial charge in [0.1, 0.15) is 18.1 Å². The Kier molecular flexibility index (Phi) is 8.26. The number of ether oxygens (including phenoxy) is 2. The molecule has 0 bridgehead atoms. The second-order valence-electron chi connectivity index (χ2n) is 7.58. The maximum absolute atomic E-state index is 5.77. The van der Waals surface area contributed by atoms with Crippen LogP contribution in [0, 0.1) is 6.92 Å². The van der Waals surface area contributed by atoms with E-state index in [9.17, 15) is 0 Å². The van der Waals surface area contributed by atoms with Crippen molar-refractivity contribution in [2.75, 3.05) is 20.3 Å². The fraction of sp³-hybridized carbons (Fsp3) is 0.550. The molecule has 0 aliphatic carbocycles. The number of benzene rings is 1. The molecule has 1 aromatic heterocycles. The molecule has 2 aromatic rings. The number of aromatic nitrogens is 3. The van der Waals surface area contributed by atoms with Gasteiger partial charge in [-0.2, -0.15) is 0 Å². The average Bonchev–Trinajstić information content (AvgIpc) is 3.02. The van der Waals surface area contributed by atoms with E-state index in [-0.39, 0.29) is 35.6 Å². The van der Waals surface area contributed by atoms with Crippen molar-refractivity contribution in [2.24, 2.45) is 12.0 Å². The van der Waals surface area contributed by atoms with Crippen molar-refractivity contribution in [3.05, 3.63) is 41.5 Å². The Hall–Kier alpha value is -1.88. The zero-order valence-corrected chi connectivity index (χ0v) is 20.1. The molecule has 2 heterocycles. The lowest BCUT2D eigenvalue weighted by atomic mass is 10.0. The molecule has 0 saturated heterocycles. The first-order valence-corrected chi connectivity index (χ1v) is 9.56. The van der Waals surface area contributed by atoms with Crippen LogP contribution in [0.1, 0.15) is 43.5 Å². The highest BCUT2D eigenvalue weighted by Crippen LogP contribution is 2.31.